The molecule has 1 atom stereocenters. The van der Waals surface area contributed by atoms with Gasteiger partial charge >= 0.3 is 0 Å². The van der Waals surface area contributed by atoms with Crippen molar-refractivity contribution in [1.29, 1.82) is 0 Å². The topological polar surface area (TPSA) is 57.8 Å². The van der Waals surface area contributed by atoms with Crippen LogP contribution in [0.15, 0.2) is 16.2 Å². The Bertz CT molecular complexity index is 605. The summed E-state index contributed by atoms with van der Waals surface area (Å²) in [5.41, 5.74) is 1.61. The lowest BCUT2D eigenvalue weighted by Crippen LogP contribution is -2.32. The molecular formula is C12H17N3O2S. The molecule has 1 N–H and O–H groups in total. The Balaban J connectivity index is 2.33. The van der Waals surface area contributed by atoms with Crippen LogP contribution in [0.5, 0.6) is 0 Å². The van der Waals surface area contributed by atoms with E-state index in [9.17, 15) is 4.79 Å². The predicted octanol–water partition coefficient (Wildman–Crippen LogP) is 0.877. The van der Waals surface area contributed by atoms with E-state index in [2.05, 4.69) is 4.98 Å². The highest BCUT2D eigenvalue weighted by atomic mass is 32.1. The maximum absolute atomic E-state index is 12.0. The molecule has 2 heterocycles. The summed E-state index contributed by atoms with van der Waals surface area (Å²) in [6.07, 6.45) is 0. The minimum atomic E-state index is -0.0428. The fraction of sp³-hybridized carbons (Fsp3) is 0.500. The van der Waals surface area contributed by atoms with Gasteiger partial charge in [0.25, 0.3) is 5.56 Å². The van der Waals surface area contributed by atoms with Crippen LogP contribution in [0.1, 0.15) is 18.3 Å². The summed E-state index contributed by atoms with van der Waals surface area (Å²) in [5.74, 6) is 0. The lowest BCUT2D eigenvalue weighted by atomic mass is 10.3. The number of likely N-dealkylation sites (N-methyl/N-ethyl adjacent to an activating group) is 1. The summed E-state index contributed by atoms with van der Waals surface area (Å²) in [6, 6.07) is 1.61. The number of fused-ring (bicyclic) bond motifs is 1. The third-order valence-electron chi connectivity index (χ3n) is 3.06. The zero-order valence-electron chi connectivity index (χ0n) is 10.8. The molecule has 0 bridgehead atoms. The van der Waals surface area contributed by atoms with Crippen molar-refractivity contribution in [2.45, 2.75) is 26.4 Å². The Morgan fingerprint density at radius 2 is 2.33 bits per heavy atom. The number of aryl methyl sites for hydroxylation is 1. The first-order valence-electron chi connectivity index (χ1n) is 5.81. The average molecular weight is 267 g/mol. The van der Waals surface area contributed by atoms with Gasteiger partial charge in [0.15, 0.2) is 4.96 Å². The molecule has 6 heteroatoms. The van der Waals surface area contributed by atoms with Crippen LogP contribution in [-0.4, -0.2) is 39.1 Å². The van der Waals surface area contributed by atoms with E-state index in [1.165, 1.54) is 11.3 Å². The van der Waals surface area contributed by atoms with Crippen molar-refractivity contribution in [2.75, 3.05) is 13.7 Å². The van der Waals surface area contributed by atoms with E-state index in [0.29, 0.717) is 6.54 Å². The van der Waals surface area contributed by atoms with Gasteiger partial charge in [0.05, 0.1) is 12.3 Å². The van der Waals surface area contributed by atoms with Gasteiger partial charge in [-0.1, -0.05) is 0 Å². The zero-order chi connectivity index (χ0) is 13.3. The van der Waals surface area contributed by atoms with Gasteiger partial charge in [0, 0.05) is 29.7 Å². The lowest BCUT2D eigenvalue weighted by Gasteiger charge is -2.22. The molecule has 0 aliphatic carbocycles. The number of hydrogen-bond donors (Lipinski definition) is 1. The standard InChI is InChI=1S/C12H17N3O2S/c1-8(6-16)14(3)5-10-4-11(17)15-9(2)7-18-12(15)13-10/h4,7-8,16H,5-6H2,1-3H3. The first-order chi connectivity index (χ1) is 8.52. The molecule has 0 radical (unpaired) electrons. The maximum Gasteiger partial charge on any atom is 0.259 e. The second-order valence-electron chi connectivity index (χ2n) is 4.53. The third kappa shape index (κ3) is 2.45. The first-order valence-corrected chi connectivity index (χ1v) is 6.68. The van der Waals surface area contributed by atoms with E-state index >= 15 is 0 Å². The molecule has 5 nitrogen and oxygen atoms in total. The highest BCUT2D eigenvalue weighted by Gasteiger charge is 2.11. The van der Waals surface area contributed by atoms with Gasteiger partial charge in [-0.3, -0.25) is 14.1 Å². The quantitative estimate of drug-likeness (QED) is 0.893. The number of thiazole rings is 1. The maximum atomic E-state index is 12.0. The van der Waals surface area contributed by atoms with Crippen LogP contribution in [0.25, 0.3) is 4.96 Å². The molecule has 0 spiro atoms. The van der Waals surface area contributed by atoms with Gasteiger partial charge in [-0.25, -0.2) is 4.98 Å². The Morgan fingerprint density at radius 1 is 1.61 bits per heavy atom. The van der Waals surface area contributed by atoms with Crippen molar-refractivity contribution in [1.82, 2.24) is 14.3 Å². The SMILES string of the molecule is Cc1csc2nc(CN(C)C(C)CO)cc(=O)n12. The number of aliphatic hydroxyl groups excluding tert-OH is 1. The summed E-state index contributed by atoms with van der Waals surface area (Å²) in [4.78, 5) is 19.1. The molecule has 0 saturated heterocycles. The predicted molar refractivity (Wildman–Crippen MR) is 72.1 cm³/mol. The molecule has 0 saturated carbocycles. The van der Waals surface area contributed by atoms with Gasteiger partial charge in [-0.15, -0.1) is 11.3 Å². The monoisotopic (exact) mass is 267 g/mol. The van der Waals surface area contributed by atoms with Crippen molar-refractivity contribution in [3.63, 3.8) is 0 Å². The highest BCUT2D eigenvalue weighted by molar-refractivity contribution is 7.15. The van der Waals surface area contributed by atoms with E-state index in [1.807, 2.05) is 31.2 Å². The molecule has 0 amide bonds. The van der Waals surface area contributed by atoms with Crippen LogP contribution in [-0.2, 0) is 6.54 Å². The number of rotatable bonds is 4. The molecular weight excluding hydrogens is 250 g/mol. The Morgan fingerprint density at radius 3 is 3.00 bits per heavy atom. The molecule has 0 fully saturated rings. The van der Waals surface area contributed by atoms with Gasteiger partial charge in [-0.05, 0) is 20.9 Å². The molecule has 18 heavy (non-hydrogen) atoms. The molecule has 0 aromatic carbocycles. The van der Waals surface area contributed by atoms with Crippen molar-refractivity contribution in [3.8, 4) is 0 Å². The molecule has 2 rings (SSSR count). The van der Waals surface area contributed by atoms with Crippen molar-refractivity contribution < 1.29 is 5.11 Å². The zero-order valence-corrected chi connectivity index (χ0v) is 11.6. The van der Waals surface area contributed by atoms with Crippen molar-refractivity contribution >= 4 is 16.3 Å². The van der Waals surface area contributed by atoms with E-state index in [1.54, 1.807) is 10.5 Å². The Labute approximate surface area is 109 Å². The van der Waals surface area contributed by atoms with Gasteiger partial charge in [0.2, 0.25) is 0 Å². The van der Waals surface area contributed by atoms with Gasteiger partial charge in [-0.2, -0.15) is 0 Å². The molecule has 2 aromatic heterocycles. The van der Waals surface area contributed by atoms with Crippen LogP contribution in [0.3, 0.4) is 0 Å². The lowest BCUT2D eigenvalue weighted by molar-refractivity contribution is 0.153. The fourth-order valence-electron chi connectivity index (χ4n) is 1.73. The van der Waals surface area contributed by atoms with Crippen LogP contribution >= 0.6 is 11.3 Å². The Kier molecular flexibility index (Phi) is 3.79. The number of nitrogens with zero attached hydrogens (tertiary/aromatic N) is 3. The first kappa shape index (κ1) is 13.2. The average Bonchev–Trinajstić information content (AvgIpc) is 2.70. The molecule has 2 aromatic rings. The number of hydrogen-bond acceptors (Lipinski definition) is 5. The van der Waals surface area contributed by atoms with E-state index in [4.69, 9.17) is 5.11 Å². The summed E-state index contributed by atoms with van der Waals surface area (Å²) in [5, 5.41) is 11.0. The fourth-order valence-corrected chi connectivity index (χ4v) is 2.62. The summed E-state index contributed by atoms with van der Waals surface area (Å²) in [6.45, 7) is 4.48. The van der Waals surface area contributed by atoms with E-state index in [-0.39, 0.29) is 18.2 Å². The van der Waals surface area contributed by atoms with Gasteiger partial charge in [0.1, 0.15) is 0 Å². The highest BCUT2D eigenvalue weighted by Crippen LogP contribution is 2.12. The van der Waals surface area contributed by atoms with Crippen molar-refractivity contribution in [3.05, 3.63) is 33.2 Å². The second-order valence-corrected chi connectivity index (χ2v) is 5.36. The number of aromatic nitrogens is 2. The normalized spacial score (nSPS) is 13.4. The van der Waals surface area contributed by atoms with E-state index < -0.39 is 0 Å². The Hall–Kier alpha value is -1.24. The minimum absolute atomic E-state index is 0.0428. The molecule has 0 aliphatic heterocycles. The van der Waals surface area contributed by atoms with Crippen LogP contribution < -0.4 is 5.56 Å². The summed E-state index contributed by atoms with van der Waals surface area (Å²) in [7, 11) is 1.91. The minimum Gasteiger partial charge on any atom is -0.395 e. The van der Waals surface area contributed by atoms with Crippen LogP contribution in [0, 0.1) is 6.92 Å². The number of aliphatic hydroxyl groups is 1. The van der Waals surface area contributed by atoms with Crippen molar-refractivity contribution in [2.24, 2.45) is 0 Å². The third-order valence-corrected chi connectivity index (χ3v) is 4.00. The van der Waals surface area contributed by atoms with E-state index in [0.717, 1.165) is 16.3 Å². The molecule has 98 valence electrons. The largest absolute Gasteiger partial charge is 0.395 e. The molecule has 1 unspecified atom stereocenters. The van der Waals surface area contributed by atoms with Gasteiger partial charge < -0.3 is 5.11 Å². The second kappa shape index (κ2) is 5.17. The smallest absolute Gasteiger partial charge is 0.259 e. The summed E-state index contributed by atoms with van der Waals surface area (Å²) < 4.78 is 1.61. The van der Waals surface area contributed by atoms with Crippen LogP contribution in [0.2, 0.25) is 0 Å². The summed E-state index contributed by atoms with van der Waals surface area (Å²) >= 11 is 1.47. The van der Waals surface area contributed by atoms with Crippen LogP contribution in [0.4, 0.5) is 0 Å². The molecule has 0 aliphatic rings.